The lowest BCUT2D eigenvalue weighted by atomic mass is 10.1. The zero-order valence-corrected chi connectivity index (χ0v) is 17.6. The fourth-order valence-corrected chi connectivity index (χ4v) is 3.78. The van der Waals surface area contributed by atoms with E-state index >= 15 is 0 Å². The lowest BCUT2D eigenvalue weighted by Gasteiger charge is -2.18. The van der Waals surface area contributed by atoms with Gasteiger partial charge in [0.05, 0.1) is 19.1 Å². The fourth-order valence-electron chi connectivity index (χ4n) is 2.87. The van der Waals surface area contributed by atoms with E-state index in [9.17, 15) is 14.4 Å². The zero-order chi connectivity index (χ0) is 21.7. The van der Waals surface area contributed by atoms with Gasteiger partial charge in [-0.2, -0.15) is 0 Å². The van der Waals surface area contributed by atoms with E-state index in [2.05, 4.69) is 4.74 Å². The summed E-state index contributed by atoms with van der Waals surface area (Å²) in [5.41, 5.74) is 1.66. The average molecular weight is 427 g/mol. The average Bonchev–Trinajstić information content (AvgIpc) is 3.04. The van der Waals surface area contributed by atoms with Gasteiger partial charge in [0, 0.05) is 0 Å². The highest BCUT2D eigenvalue weighted by molar-refractivity contribution is 8.18. The van der Waals surface area contributed by atoms with Crippen molar-refractivity contribution in [1.29, 1.82) is 0 Å². The number of hydrogen-bond donors (Lipinski definition) is 0. The molecule has 8 heteroatoms. The first-order chi connectivity index (χ1) is 14.4. The molecule has 1 fully saturated rings. The van der Waals surface area contributed by atoms with E-state index in [0.29, 0.717) is 23.7 Å². The third kappa shape index (κ3) is 4.65. The van der Waals surface area contributed by atoms with Crippen molar-refractivity contribution in [3.63, 3.8) is 0 Å². The summed E-state index contributed by atoms with van der Waals surface area (Å²) in [7, 11) is 2.76. The number of thioether (sulfide) groups is 1. The summed E-state index contributed by atoms with van der Waals surface area (Å²) in [5.74, 6) is -0.127. The van der Waals surface area contributed by atoms with E-state index in [0.717, 1.165) is 22.2 Å². The number of nitrogens with zero attached hydrogens (tertiary/aromatic N) is 1. The molecular weight excluding hydrogens is 406 g/mol. The summed E-state index contributed by atoms with van der Waals surface area (Å²) >= 11 is 0.778. The molecule has 7 nitrogen and oxygen atoms in total. The van der Waals surface area contributed by atoms with Gasteiger partial charge < -0.3 is 14.2 Å². The highest BCUT2D eigenvalue weighted by atomic mass is 32.2. The molecule has 1 aliphatic rings. The number of esters is 1. The molecule has 0 bridgehead atoms. The van der Waals surface area contributed by atoms with Gasteiger partial charge in [-0.15, -0.1) is 0 Å². The van der Waals surface area contributed by atoms with Crippen LogP contribution in [0.15, 0.2) is 53.4 Å². The van der Waals surface area contributed by atoms with Crippen LogP contribution >= 0.6 is 11.8 Å². The molecule has 1 saturated heterocycles. The van der Waals surface area contributed by atoms with Gasteiger partial charge in [0.1, 0.15) is 12.6 Å². The first-order valence-corrected chi connectivity index (χ1v) is 9.96. The van der Waals surface area contributed by atoms with Crippen LogP contribution in [0.2, 0.25) is 0 Å². The predicted octanol–water partition coefficient (Wildman–Crippen LogP) is 3.87. The Bertz CT molecular complexity index is 988. The van der Waals surface area contributed by atoms with Gasteiger partial charge in [-0.05, 0) is 48.0 Å². The first-order valence-electron chi connectivity index (χ1n) is 9.14. The van der Waals surface area contributed by atoms with Gasteiger partial charge in [-0.1, -0.05) is 36.4 Å². The second-order valence-corrected chi connectivity index (χ2v) is 7.43. The van der Waals surface area contributed by atoms with Gasteiger partial charge in [-0.3, -0.25) is 14.5 Å². The molecule has 1 atom stereocenters. The summed E-state index contributed by atoms with van der Waals surface area (Å²) in [5, 5.41) is -0.516. The van der Waals surface area contributed by atoms with Crippen molar-refractivity contribution in [2.24, 2.45) is 0 Å². The SMILES string of the molecule is COC(=O)[C@@H](C)N1C(=O)S/C(=C/c2ccc(OC)c(OCc3ccccc3)c2)C1=O. The van der Waals surface area contributed by atoms with Gasteiger partial charge in [0.2, 0.25) is 0 Å². The Hall–Kier alpha value is -3.26. The van der Waals surface area contributed by atoms with Crippen LogP contribution in [0.5, 0.6) is 11.5 Å². The van der Waals surface area contributed by atoms with Crippen LogP contribution in [0.1, 0.15) is 18.1 Å². The lowest BCUT2D eigenvalue weighted by Crippen LogP contribution is -2.42. The topological polar surface area (TPSA) is 82.1 Å². The lowest BCUT2D eigenvalue weighted by molar-refractivity contribution is -0.148. The molecule has 2 aromatic carbocycles. The molecule has 0 radical (unpaired) electrons. The van der Waals surface area contributed by atoms with Crippen LogP contribution in [0.4, 0.5) is 4.79 Å². The molecule has 0 aliphatic carbocycles. The number of hydrogen-bond acceptors (Lipinski definition) is 7. The van der Waals surface area contributed by atoms with E-state index in [1.165, 1.54) is 14.0 Å². The number of methoxy groups -OCH3 is 2. The summed E-state index contributed by atoms with van der Waals surface area (Å²) in [4.78, 5) is 37.8. The maximum Gasteiger partial charge on any atom is 0.328 e. The van der Waals surface area contributed by atoms with E-state index in [1.807, 2.05) is 30.3 Å². The van der Waals surface area contributed by atoms with E-state index in [4.69, 9.17) is 9.47 Å². The fraction of sp³-hybridized carbons (Fsp3) is 0.227. The van der Waals surface area contributed by atoms with Crippen LogP contribution in [0.3, 0.4) is 0 Å². The normalized spacial score (nSPS) is 16.0. The van der Waals surface area contributed by atoms with Crippen LogP contribution in [0.25, 0.3) is 6.08 Å². The first kappa shape index (κ1) is 21.4. The summed E-state index contributed by atoms with van der Waals surface area (Å²) in [6.45, 7) is 1.81. The summed E-state index contributed by atoms with van der Waals surface area (Å²) in [6.07, 6.45) is 1.59. The molecular formula is C22H21NO6S. The zero-order valence-electron chi connectivity index (χ0n) is 16.8. The highest BCUT2D eigenvalue weighted by Crippen LogP contribution is 2.35. The molecule has 0 saturated carbocycles. The van der Waals surface area contributed by atoms with Crippen molar-refractivity contribution >= 4 is 35.0 Å². The van der Waals surface area contributed by atoms with Crippen molar-refractivity contribution in [3.05, 3.63) is 64.6 Å². The number of amides is 2. The van der Waals surface area contributed by atoms with Crippen LogP contribution in [-0.4, -0.2) is 42.3 Å². The smallest absolute Gasteiger partial charge is 0.328 e. The molecule has 0 spiro atoms. The number of benzene rings is 2. The van der Waals surface area contributed by atoms with E-state index in [1.54, 1.807) is 31.4 Å². The third-order valence-electron chi connectivity index (χ3n) is 4.48. The quantitative estimate of drug-likeness (QED) is 0.490. The number of rotatable bonds is 7. The van der Waals surface area contributed by atoms with Crippen LogP contribution in [-0.2, 0) is 20.9 Å². The van der Waals surface area contributed by atoms with E-state index in [-0.39, 0.29) is 4.91 Å². The molecule has 2 aromatic rings. The Labute approximate surface area is 178 Å². The van der Waals surface area contributed by atoms with Gasteiger partial charge in [-0.25, -0.2) is 4.79 Å². The van der Waals surface area contributed by atoms with Gasteiger partial charge in [0.25, 0.3) is 11.1 Å². The number of ether oxygens (including phenoxy) is 3. The molecule has 2 amide bonds. The minimum Gasteiger partial charge on any atom is -0.493 e. The molecule has 0 unspecified atom stereocenters. The van der Waals surface area contributed by atoms with Crippen molar-refractivity contribution in [2.75, 3.05) is 14.2 Å². The van der Waals surface area contributed by atoms with E-state index < -0.39 is 23.2 Å². The number of imide groups is 1. The maximum atomic E-state index is 12.7. The van der Waals surface area contributed by atoms with Crippen molar-refractivity contribution in [2.45, 2.75) is 19.6 Å². The molecule has 30 heavy (non-hydrogen) atoms. The molecule has 0 aromatic heterocycles. The highest BCUT2D eigenvalue weighted by Gasteiger charge is 2.41. The Morgan fingerprint density at radius 1 is 1.10 bits per heavy atom. The summed E-state index contributed by atoms with van der Waals surface area (Å²) < 4.78 is 15.9. The monoisotopic (exact) mass is 427 g/mol. The molecule has 1 heterocycles. The largest absolute Gasteiger partial charge is 0.493 e. The number of carbonyl (C=O) groups excluding carboxylic acids is 3. The predicted molar refractivity (Wildman–Crippen MR) is 113 cm³/mol. The standard InChI is InChI=1S/C22H21NO6S/c1-14(21(25)28-3)23-20(24)19(30-22(23)26)12-16-9-10-17(27-2)18(11-16)29-13-15-7-5-4-6-8-15/h4-12,14H,13H2,1-3H3/b19-12+/t14-/m1/s1. The summed E-state index contributed by atoms with van der Waals surface area (Å²) in [6, 6.07) is 13.9. The molecule has 0 N–H and O–H groups in total. The number of carbonyl (C=O) groups is 3. The maximum absolute atomic E-state index is 12.7. The minimum atomic E-state index is -0.992. The van der Waals surface area contributed by atoms with Crippen molar-refractivity contribution in [3.8, 4) is 11.5 Å². The Morgan fingerprint density at radius 3 is 2.50 bits per heavy atom. The second-order valence-electron chi connectivity index (χ2n) is 6.44. The molecule has 156 valence electrons. The van der Waals surface area contributed by atoms with Crippen molar-refractivity contribution < 1.29 is 28.6 Å². The Morgan fingerprint density at radius 2 is 1.83 bits per heavy atom. The van der Waals surface area contributed by atoms with Crippen LogP contribution < -0.4 is 9.47 Å². The third-order valence-corrected chi connectivity index (χ3v) is 5.36. The molecule has 3 rings (SSSR count). The minimum absolute atomic E-state index is 0.218. The van der Waals surface area contributed by atoms with Crippen LogP contribution in [0, 0.1) is 0 Å². The Balaban J connectivity index is 1.82. The van der Waals surface area contributed by atoms with Gasteiger partial charge >= 0.3 is 5.97 Å². The van der Waals surface area contributed by atoms with Gasteiger partial charge in [0.15, 0.2) is 11.5 Å². The van der Waals surface area contributed by atoms with Crippen molar-refractivity contribution in [1.82, 2.24) is 4.90 Å². The second kappa shape index (κ2) is 9.49. The Kier molecular flexibility index (Phi) is 6.79. The molecule has 1 aliphatic heterocycles.